The van der Waals surface area contributed by atoms with Crippen LogP contribution in [-0.4, -0.2) is 10.0 Å². The number of phenols is 1. The molecule has 0 aromatic heterocycles. The quantitative estimate of drug-likeness (QED) is 0.610. The molecule has 0 amide bonds. The maximum atomic E-state index is 13.2. The van der Waals surface area contributed by atoms with Gasteiger partial charge in [0, 0.05) is 17.7 Å². The topological polar surface area (TPSA) is 89.4 Å². The maximum absolute atomic E-state index is 13.2. The first-order chi connectivity index (χ1) is 7.47. The number of non-ortho nitro benzene ring substituents is 1. The van der Waals surface area contributed by atoms with Crippen molar-refractivity contribution in [3.8, 4) is 5.75 Å². The van der Waals surface area contributed by atoms with Gasteiger partial charge in [0.05, 0.1) is 11.0 Å². The predicted molar refractivity (Wildman–Crippen MR) is 56.6 cm³/mol. The SMILES string of the molecule is CCC[C@H](N)c1cc([N+](=O)[O-])cc(F)c1O. The van der Waals surface area contributed by atoms with Crippen molar-refractivity contribution in [2.24, 2.45) is 5.73 Å². The van der Waals surface area contributed by atoms with Gasteiger partial charge in [-0.1, -0.05) is 13.3 Å². The third-order valence-corrected chi connectivity index (χ3v) is 2.29. The highest BCUT2D eigenvalue weighted by Crippen LogP contribution is 2.32. The largest absolute Gasteiger partial charge is 0.505 e. The van der Waals surface area contributed by atoms with Crippen LogP contribution in [0.5, 0.6) is 5.75 Å². The number of rotatable bonds is 4. The Labute approximate surface area is 91.8 Å². The second-order valence-electron chi connectivity index (χ2n) is 3.52. The minimum absolute atomic E-state index is 0.0774. The zero-order valence-electron chi connectivity index (χ0n) is 8.81. The molecular weight excluding hydrogens is 215 g/mol. The average Bonchev–Trinajstić information content (AvgIpc) is 2.21. The zero-order chi connectivity index (χ0) is 12.3. The molecule has 0 unspecified atom stereocenters. The number of nitrogens with zero attached hydrogens (tertiary/aromatic N) is 1. The van der Waals surface area contributed by atoms with Gasteiger partial charge in [-0.3, -0.25) is 10.1 Å². The number of benzene rings is 1. The fourth-order valence-corrected chi connectivity index (χ4v) is 1.46. The Morgan fingerprint density at radius 3 is 2.75 bits per heavy atom. The summed E-state index contributed by atoms with van der Waals surface area (Å²) in [5, 5.41) is 19.9. The van der Waals surface area contributed by atoms with E-state index < -0.39 is 28.2 Å². The van der Waals surface area contributed by atoms with Crippen molar-refractivity contribution < 1.29 is 14.4 Å². The van der Waals surface area contributed by atoms with E-state index in [1.54, 1.807) is 0 Å². The first kappa shape index (κ1) is 12.4. The molecule has 5 nitrogen and oxygen atoms in total. The van der Waals surface area contributed by atoms with Crippen molar-refractivity contribution in [2.75, 3.05) is 0 Å². The van der Waals surface area contributed by atoms with E-state index in [4.69, 9.17) is 5.73 Å². The summed E-state index contributed by atoms with van der Waals surface area (Å²) in [6.07, 6.45) is 1.26. The van der Waals surface area contributed by atoms with Crippen LogP contribution in [0, 0.1) is 15.9 Å². The second kappa shape index (κ2) is 4.89. The lowest BCUT2D eigenvalue weighted by Gasteiger charge is -2.12. The average molecular weight is 228 g/mol. The van der Waals surface area contributed by atoms with E-state index in [0.29, 0.717) is 12.5 Å². The van der Waals surface area contributed by atoms with Gasteiger partial charge in [0.25, 0.3) is 5.69 Å². The van der Waals surface area contributed by atoms with Gasteiger partial charge in [0.1, 0.15) is 0 Å². The molecule has 1 rings (SSSR count). The fraction of sp³-hybridized carbons (Fsp3) is 0.400. The smallest absolute Gasteiger partial charge is 0.272 e. The van der Waals surface area contributed by atoms with Crippen molar-refractivity contribution in [1.82, 2.24) is 0 Å². The molecular formula is C10H13FN2O3. The molecule has 0 fully saturated rings. The molecule has 16 heavy (non-hydrogen) atoms. The molecule has 1 atom stereocenters. The summed E-state index contributed by atoms with van der Waals surface area (Å²) >= 11 is 0. The molecule has 0 saturated carbocycles. The number of nitrogens with two attached hydrogens (primary N) is 1. The molecule has 6 heteroatoms. The highest BCUT2D eigenvalue weighted by atomic mass is 19.1. The number of phenolic OH excluding ortho intramolecular Hbond substituents is 1. The van der Waals surface area contributed by atoms with Crippen LogP contribution in [0.1, 0.15) is 31.4 Å². The Kier molecular flexibility index (Phi) is 3.78. The van der Waals surface area contributed by atoms with Crippen molar-refractivity contribution in [2.45, 2.75) is 25.8 Å². The summed E-state index contributed by atoms with van der Waals surface area (Å²) in [6, 6.07) is 1.19. The first-order valence-electron chi connectivity index (χ1n) is 4.89. The van der Waals surface area contributed by atoms with E-state index in [2.05, 4.69) is 0 Å². The normalized spacial score (nSPS) is 12.4. The summed E-state index contributed by atoms with van der Waals surface area (Å²) in [5.74, 6) is -1.62. The van der Waals surface area contributed by atoms with Gasteiger partial charge >= 0.3 is 0 Å². The van der Waals surface area contributed by atoms with E-state index >= 15 is 0 Å². The number of nitro groups is 1. The molecule has 1 aromatic carbocycles. The van der Waals surface area contributed by atoms with Gasteiger partial charge in [0.15, 0.2) is 11.6 Å². The zero-order valence-corrected chi connectivity index (χ0v) is 8.81. The Balaban J connectivity index is 3.21. The number of aromatic hydroxyl groups is 1. The Morgan fingerprint density at radius 1 is 1.62 bits per heavy atom. The van der Waals surface area contributed by atoms with Crippen LogP contribution >= 0.6 is 0 Å². The predicted octanol–water partition coefficient (Wildman–Crippen LogP) is 2.24. The molecule has 88 valence electrons. The van der Waals surface area contributed by atoms with E-state index in [1.807, 2.05) is 6.92 Å². The van der Waals surface area contributed by atoms with Gasteiger partial charge in [-0.05, 0) is 6.42 Å². The summed E-state index contributed by atoms with van der Waals surface area (Å²) in [6.45, 7) is 1.88. The molecule has 0 aliphatic rings. The molecule has 0 spiro atoms. The van der Waals surface area contributed by atoms with E-state index in [-0.39, 0.29) is 5.56 Å². The van der Waals surface area contributed by atoms with Crippen LogP contribution in [0.25, 0.3) is 0 Å². The molecule has 0 heterocycles. The summed E-state index contributed by atoms with van der Waals surface area (Å²) < 4.78 is 13.2. The minimum atomic E-state index is -1.02. The van der Waals surface area contributed by atoms with Gasteiger partial charge < -0.3 is 10.8 Å². The summed E-state index contributed by atoms with van der Waals surface area (Å²) in [4.78, 5) is 9.80. The Hall–Kier alpha value is -1.69. The van der Waals surface area contributed by atoms with Crippen LogP contribution in [0.4, 0.5) is 10.1 Å². The Bertz CT molecular complexity index is 409. The maximum Gasteiger partial charge on any atom is 0.272 e. The number of nitro benzene ring substituents is 1. The third-order valence-electron chi connectivity index (χ3n) is 2.29. The van der Waals surface area contributed by atoms with Crippen molar-refractivity contribution in [1.29, 1.82) is 0 Å². The second-order valence-corrected chi connectivity index (χ2v) is 3.52. The van der Waals surface area contributed by atoms with Gasteiger partial charge in [-0.25, -0.2) is 4.39 Å². The molecule has 0 aliphatic heterocycles. The van der Waals surface area contributed by atoms with Crippen LogP contribution < -0.4 is 5.73 Å². The lowest BCUT2D eigenvalue weighted by atomic mass is 10.0. The van der Waals surface area contributed by atoms with E-state index in [0.717, 1.165) is 12.5 Å². The summed E-state index contributed by atoms with van der Waals surface area (Å²) in [5.41, 5.74) is 5.37. The minimum Gasteiger partial charge on any atom is -0.505 e. The van der Waals surface area contributed by atoms with Crippen LogP contribution in [-0.2, 0) is 0 Å². The highest BCUT2D eigenvalue weighted by molar-refractivity contribution is 5.45. The van der Waals surface area contributed by atoms with Gasteiger partial charge in [0.2, 0.25) is 0 Å². The lowest BCUT2D eigenvalue weighted by Crippen LogP contribution is -2.11. The molecule has 1 aromatic rings. The summed E-state index contributed by atoms with van der Waals surface area (Å²) in [7, 11) is 0. The van der Waals surface area contributed by atoms with Crippen LogP contribution in [0.3, 0.4) is 0 Å². The molecule has 0 saturated heterocycles. The van der Waals surface area contributed by atoms with Crippen molar-refractivity contribution >= 4 is 5.69 Å². The van der Waals surface area contributed by atoms with Crippen LogP contribution in [0.15, 0.2) is 12.1 Å². The van der Waals surface area contributed by atoms with E-state index in [1.165, 1.54) is 0 Å². The molecule has 3 N–H and O–H groups in total. The highest BCUT2D eigenvalue weighted by Gasteiger charge is 2.19. The van der Waals surface area contributed by atoms with Crippen molar-refractivity contribution in [3.63, 3.8) is 0 Å². The third kappa shape index (κ3) is 2.46. The van der Waals surface area contributed by atoms with Gasteiger partial charge in [-0.2, -0.15) is 0 Å². The lowest BCUT2D eigenvalue weighted by molar-refractivity contribution is -0.385. The van der Waals surface area contributed by atoms with Crippen LogP contribution in [0.2, 0.25) is 0 Å². The van der Waals surface area contributed by atoms with Gasteiger partial charge in [-0.15, -0.1) is 0 Å². The first-order valence-corrected chi connectivity index (χ1v) is 4.89. The Morgan fingerprint density at radius 2 is 2.25 bits per heavy atom. The number of hydrogen-bond donors (Lipinski definition) is 2. The number of hydrogen-bond acceptors (Lipinski definition) is 4. The van der Waals surface area contributed by atoms with Crippen molar-refractivity contribution in [3.05, 3.63) is 33.6 Å². The molecule has 0 radical (unpaired) electrons. The standard InChI is InChI=1S/C10H13FN2O3/c1-2-3-9(12)7-4-6(13(15)16)5-8(11)10(7)14/h4-5,9,14H,2-3,12H2,1H3/t9-/m0/s1. The number of halogens is 1. The molecule has 0 bridgehead atoms. The monoisotopic (exact) mass is 228 g/mol. The fourth-order valence-electron chi connectivity index (χ4n) is 1.46. The molecule has 0 aliphatic carbocycles. The van der Waals surface area contributed by atoms with E-state index in [9.17, 15) is 19.6 Å².